The molecule has 1 aromatic heterocycles. The topological polar surface area (TPSA) is 22.6 Å². The van der Waals surface area contributed by atoms with E-state index < -0.39 is 0 Å². The Morgan fingerprint density at radius 1 is 0.889 bits per heavy atom. The molecule has 0 spiro atoms. The second-order valence-corrected chi connectivity index (χ2v) is 9.62. The predicted molar refractivity (Wildman–Crippen MR) is 115 cm³/mol. The highest BCUT2D eigenvalue weighted by atomic mass is 32.1. The van der Waals surface area contributed by atoms with Gasteiger partial charge in [0, 0.05) is 32.2 Å². The number of para-hydroxylation sites is 1. The fourth-order valence-corrected chi connectivity index (χ4v) is 6.48. The largest absolute Gasteiger partial charge is 0.347 e. The minimum atomic E-state index is 0.871. The van der Waals surface area contributed by atoms with Crippen LogP contribution in [0.25, 0.3) is 10.2 Å². The molecule has 5 rings (SSSR count). The van der Waals surface area contributed by atoms with E-state index in [1.165, 1.54) is 81.1 Å². The van der Waals surface area contributed by atoms with Crippen molar-refractivity contribution in [2.24, 2.45) is 5.92 Å². The minimum absolute atomic E-state index is 0.871. The number of anilines is 1. The van der Waals surface area contributed by atoms with Gasteiger partial charge in [-0.3, -0.25) is 0 Å². The van der Waals surface area contributed by atoms with Crippen molar-refractivity contribution < 1.29 is 0 Å². The molecule has 3 fully saturated rings. The third kappa shape index (κ3) is 3.87. The molecule has 3 aliphatic heterocycles. The van der Waals surface area contributed by atoms with Crippen LogP contribution in [-0.2, 0) is 0 Å². The van der Waals surface area contributed by atoms with E-state index in [2.05, 4.69) is 39.0 Å². The third-order valence-electron chi connectivity index (χ3n) is 6.86. The van der Waals surface area contributed by atoms with Crippen molar-refractivity contribution in [3.8, 4) is 0 Å². The number of hydrogen-bond acceptors (Lipinski definition) is 5. The third-order valence-corrected chi connectivity index (χ3v) is 7.96. The highest BCUT2D eigenvalue weighted by Crippen LogP contribution is 2.32. The van der Waals surface area contributed by atoms with Crippen LogP contribution >= 0.6 is 11.3 Å². The van der Waals surface area contributed by atoms with Gasteiger partial charge in [0.05, 0.1) is 10.2 Å². The van der Waals surface area contributed by atoms with Gasteiger partial charge in [-0.15, -0.1) is 0 Å². The molecule has 0 saturated carbocycles. The highest BCUT2D eigenvalue weighted by molar-refractivity contribution is 7.22. The zero-order valence-electron chi connectivity index (χ0n) is 16.4. The fraction of sp³-hybridized carbons (Fsp3) is 0.682. The lowest BCUT2D eigenvalue weighted by Crippen LogP contribution is -2.51. The summed E-state index contributed by atoms with van der Waals surface area (Å²) in [5.41, 5.74) is 1.15. The van der Waals surface area contributed by atoms with E-state index in [1.54, 1.807) is 0 Å². The van der Waals surface area contributed by atoms with Gasteiger partial charge in [-0.1, -0.05) is 29.9 Å². The molecule has 1 aromatic carbocycles. The van der Waals surface area contributed by atoms with E-state index in [4.69, 9.17) is 4.98 Å². The summed E-state index contributed by atoms with van der Waals surface area (Å²) in [6.45, 7) is 8.75. The van der Waals surface area contributed by atoms with Gasteiger partial charge in [-0.25, -0.2) is 4.98 Å². The van der Waals surface area contributed by atoms with Crippen LogP contribution in [0.1, 0.15) is 38.5 Å². The molecule has 0 N–H and O–H groups in total. The molecule has 4 heterocycles. The molecule has 3 saturated heterocycles. The normalized spacial score (nSPS) is 28.2. The molecular formula is C22H32N4S. The Labute approximate surface area is 167 Å². The summed E-state index contributed by atoms with van der Waals surface area (Å²) in [5, 5.41) is 1.22. The molecule has 146 valence electrons. The Hall–Kier alpha value is -1.17. The number of hydrogen-bond donors (Lipinski definition) is 0. The van der Waals surface area contributed by atoms with Gasteiger partial charge < -0.3 is 14.7 Å². The molecule has 0 aliphatic carbocycles. The van der Waals surface area contributed by atoms with E-state index >= 15 is 0 Å². The zero-order valence-corrected chi connectivity index (χ0v) is 17.2. The smallest absolute Gasteiger partial charge is 0.186 e. The molecule has 4 nitrogen and oxygen atoms in total. The first-order valence-corrected chi connectivity index (χ1v) is 11.8. The number of thiazole rings is 1. The number of rotatable bonds is 3. The quantitative estimate of drug-likeness (QED) is 0.795. The lowest BCUT2D eigenvalue weighted by Gasteiger charge is -2.45. The van der Waals surface area contributed by atoms with Gasteiger partial charge >= 0.3 is 0 Å². The Kier molecular flexibility index (Phi) is 5.34. The van der Waals surface area contributed by atoms with Crippen molar-refractivity contribution in [1.29, 1.82) is 0 Å². The van der Waals surface area contributed by atoms with E-state index in [0.717, 1.165) is 30.6 Å². The highest BCUT2D eigenvalue weighted by Gasteiger charge is 2.34. The summed E-state index contributed by atoms with van der Waals surface area (Å²) in [4.78, 5) is 13.0. The Balaban J connectivity index is 1.22. The number of nitrogens with zero attached hydrogens (tertiary/aromatic N) is 4. The lowest BCUT2D eigenvalue weighted by molar-refractivity contribution is 0.0415. The van der Waals surface area contributed by atoms with Gasteiger partial charge in [-0.2, -0.15) is 0 Å². The monoisotopic (exact) mass is 384 g/mol. The molecule has 0 radical (unpaired) electrons. The van der Waals surface area contributed by atoms with Crippen molar-refractivity contribution in [3.63, 3.8) is 0 Å². The molecule has 27 heavy (non-hydrogen) atoms. The number of fused-ring (bicyclic) bond motifs is 2. The predicted octanol–water partition coefficient (Wildman–Crippen LogP) is 4.07. The van der Waals surface area contributed by atoms with Crippen LogP contribution in [0.2, 0.25) is 0 Å². The van der Waals surface area contributed by atoms with Crippen molar-refractivity contribution in [2.45, 2.75) is 44.6 Å². The molecule has 0 amide bonds. The van der Waals surface area contributed by atoms with Gasteiger partial charge in [-0.05, 0) is 69.8 Å². The summed E-state index contributed by atoms with van der Waals surface area (Å²) in [5.74, 6) is 0.896. The SMILES string of the molecule is c1ccc2sc(N3CCCN(C[C@@H]4CCCN5CCCC[C@H]45)CC3)nc2c1. The maximum atomic E-state index is 4.89. The maximum absolute atomic E-state index is 4.89. The average molecular weight is 385 g/mol. The maximum Gasteiger partial charge on any atom is 0.186 e. The first kappa shape index (κ1) is 17.9. The van der Waals surface area contributed by atoms with Crippen molar-refractivity contribution in [3.05, 3.63) is 24.3 Å². The van der Waals surface area contributed by atoms with Crippen molar-refractivity contribution >= 4 is 26.7 Å². The summed E-state index contributed by atoms with van der Waals surface area (Å²) < 4.78 is 1.31. The molecule has 2 aromatic rings. The number of piperidine rings is 2. The van der Waals surface area contributed by atoms with Crippen molar-refractivity contribution in [1.82, 2.24) is 14.8 Å². The second kappa shape index (κ2) is 8.06. The van der Waals surface area contributed by atoms with E-state index in [9.17, 15) is 0 Å². The zero-order chi connectivity index (χ0) is 18.1. The molecular weight excluding hydrogens is 352 g/mol. The summed E-state index contributed by atoms with van der Waals surface area (Å²) in [6.07, 6.45) is 8.42. The summed E-state index contributed by atoms with van der Waals surface area (Å²) in [6, 6.07) is 9.41. The van der Waals surface area contributed by atoms with Crippen molar-refractivity contribution in [2.75, 3.05) is 50.7 Å². The second-order valence-electron chi connectivity index (χ2n) is 8.61. The van der Waals surface area contributed by atoms with Gasteiger partial charge in [0.1, 0.15) is 0 Å². The standard InChI is InChI=1S/C22H32N4S/c1-2-10-21-19(8-1)23-22(27-21)26-14-6-11-24(15-16-26)17-18-7-5-13-25-12-4-3-9-20(18)25/h1-2,8,10,18,20H,3-7,9,11-17H2/t18-,20+/m0/s1. The number of aromatic nitrogens is 1. The van der Waals surface area contributed by atoms with Crippen LogP contribution < -0.4 is 4.90 Å². The van der Waals surface area contributed by atoms with E-state index in [-0.39, 0.29) is 0 Å². The Bertz CT molecular complexity index is 725. The number of benzene rings is 1. The average Bonchev–Trinajstić information content (AvgIpc) is 3.01. The minimum Gasteiger partial charge on any atom is -0.347 e. The van der Waals surface area contributed by atoms with Crippen LogP contribution in [-0.4, -0.2) is 66.6 Å². The van der Waals surface area contributed by atoms with Crippen LogP contribution in [0, 0.1) is 5.92 Å². The summed E-state index contributed by atoms with van der Waals surface area (Å²) >= 11 is 1.85. The fourth-order valence-electron chi connectivity index (χ4n) is 5.46. The molecule has 3 aliphatic rings. The lowest BCUT2D eigenvalue weighted by atomic mass is 9.83. The molecule has 0 bridgehead atoms. The van der Waals surface area contributed by atoms with Gasteiger partial charge in [0.25, 0.3) is 0 Å². The van der Waals surface area contributed by atoms with E-state index in [0.29, 0.717) is 0 Å². The van der Waals surface area contributed by atoms with Crippen LogP contribution in [0.4, 0.5) is 5.13 Å². The summed E-state index contributed by atoms with van der Waals surface area (Å²) in [7, 11) is 0. The van der Waals surface area contributed by atoms with Gasteiger partial charge in [0.2, 0.25) is 0 Å². The molecule has 2 atom stereocenters. The Morgan fingerprint density at radius 3 is 2.78 bits per heavy atom. The van der Waals surface area contributed by atoms with Crippen LogP contribution in [0.3, 0.4) is 0 Å². The van der Waals surface area contributed by atoms with E-state index in [1.807, 2.05) is 11.3 Å². The first-order chi connectivity index (χ1) is 13.4. The van der Waals surface area contributed by atoms with Crippen LogP contribution in [0.5, 0.6) is 0 Å². The van der Waals surface area contributed by atoms with Crippen LogP contribution in [0.15, 0.2) is 24.3 Å². The molecule has 5 heteroatoms. The molecule has 0 unspecified atom stereocenters. The Morgan fingerprint density at radius 2 is 1.81 bits per heavy atom. The van der Waals surface area contributed by atoms with Gasteiger partial charge in [0.15, 0.2) is 5.13 Å². The first-order valence-electron chi connectivity index (χ1n) is 10.9.